The minimum absolute atomic E-state index is 0.450. The van der Waals surface area contributed by atoms with Crippen molar-refractivity contribution in [3.05, 3.63) is 0 Å². The molecule has 18 heavy (non-hydrogen) atoms. The Balaban J connectivity index is 2.40. The highest BCUT2D eigenvalue weighted by molar-refractivity contribution is 4.83. The zero-order valence-electron chi connectivity index (χ0n) is 12.7. The number of hydrazine groups is 1. The van der Waals surface area contributed by atoms with Gasteiger partial charge in [0.05, 0.1) is 0 Å². The number of nitrogens with one attached hydrogen (secondary N) is 1. The zero-order valence-corrected chi connectivity index (χ0v) is 12.7. The maximum absolute atomic E-state index is 5.73. The molecular weight excluding hydrogens is 224 g/mol. The maximum atomic E-state index is 5.73. The fourth-order valence-electron chi connectivity index (χ4n) is 3.01. The second kappa shape index (κ2) is 8.10. The molecule has 0 saturated carbocycles. The van der Waals surface area contributed by atoms with Gasteiger partial charge >= 0.3 is 0 Å². The van der Waals surface area contributed by atoms with Gasteiger partial charge in [-0.15, -0.1) is 0 Å². The summed E-state index contributed by atoms with van der Waals surface area (Å²) >= 11 is 0. The molecule has 1 aliphatic heterocycles. The largest absolute Gasteiger partial charge is 0.304 e. The highest BCUT2D eigenvalue weighted by Crippen LogP contribution is 2.18. The van der Waals surface area contributed by atoms with Crippen molar-refractivity contribution < 1.29 is 0 Å². The van der Waals surface area contributed by atoms with E-state index < -0.39 is 0 Å². The molecule has 3 N–H and O–H groups in total. The molecule has 0 bridgehead atoms. The fraction of sp³-hybridized carbons (Fsp3) is 1.00. The summed E-state index contributed by atoms with van der Waals surface area (Å²) in [6.45, 7) is 8.11. The van der Waals surface area contributed by atoms with Crippen LogP contribution in [0.25, 0.3) is 0 Å². The molecule has 0 aliphatic carbocycles. The summed E-state index contributed by atoms with van der Waals surface area (Å²) in [6, 6.07) is 1.09. The molecule has 1 rings (SSSR count). The number of piperazine rings is 1. The lowest BCUT2D eigenvalue weighted by atomic mass is 9.93. The molecule has 0 radical (unpaired) electrons. The number of nitrogens with zero attached hydrogens (tertiary/aromatic N) is 2. The van der Waals surface area contributed by atoms with E-state index in [1.807, 2.05) is 0 Å². The number of hydrogen-bond acceptors (Lipinski definition) is 4. The Hall–Kier alpha value is -0.160. The predicted molar refractivity (Wildman–Crippen MR) is 78.3 cm³/mol. The molecule has 1 aliphatic rings. The summed E-state index contributed by atoms with van der Waals surface area (Å²) < 4.78 is 0. The normalized spacial score (nSPS) is 26.2. The van der Waals surface area contributed by atoms with Crippen molar-refractivity contribution in [3.8, 4) is 0 Å². The molecule has 1 heterocycles. The SMILES string of the molecule is CCCC(C)CC(CC1CN(C)CCN1C)NN. The van der Waals surface area contributed by atoms with E-state index in [-0.39, 0.29) is 0 Å². The Morgan fingerprint density at radius 1 is 1.33 bits per heavy atom. The van der Waals surface area contributed by atoms with Gasteiger partial charge in [0, 0.05) is 31.7 Å². The van der Waals surface area contributed by atoms with E-state index in [1.54, 1.807) is 0 Å². The third kappa shape index (κ3) is 5.22. The van der Waals surface area contributed by atoms with Gasteiger partial charge in [-0.1, -0.05) is 26.7 Å². The summed E-state index contributed by atoms with van der Waals surface area (Å²) in [5.74, 6) is 6.50. The predicted octanol–water partition coefficient (Wildman–Crippen LogP) is 1.28. The van der Waals surface area contributed by atoms with Crippen LogP contribution in [0.3, 0.4) is 0 Å². The molecule has 0 aromatic heterocycles. The molecule has 1 fully saturated rings. The Morgan fingerprint density at radius 3 is 2.67 bits per heavy atom. The minimum Gasteiger partial charge on any atom is -0.304 e. The molecule has 0 amide bonds. The smallest absolute Gasteiger partial charge is 0.0235 e. The van der Waals surface area contributed by atoms with E-state index in [2.05, 4.69) is 43.2 Å². The number of rotatable bonds is 7. The van der Waals surface area contributed by atoms with Crippen molar-refractivity contribution in [2.24, 2.45) is 11.8 Å². The van der Waals surface area contributed by atoms with Gasteiger partial charge in [-0.05, 0) is 32.9 Å². The van der Waals surface area contributed by atoms with Crippen molar-refractivity contribution in [2.75, 3.05) is 33.7 Å². The van der Waals surface area contributed by atoms with Crippen molar-refractivity contribution in [1.82, 2.24) is 15.2 Å². The molecule has 0 aromatic carbocycles. The Labute approximate surface area is 113 Å². The average Bonchev–Trinajstić information content (AvgIpc) is 2.33. The van der Waals surface area contributed by atoms with Crippen LogP contribution in [0, 0.1) is 5.92 Å². The Morgan fingerprint density at radius 2 is 2.06 bits per heavy atom. The average molecular weight is 256 g/mol. The van der Waals surface area contributed by atoms with Crippen LogP contribution in [0.5, 0.6) is 0 Å². The van der Waals surface area contributed by atoms with Crippen molar-refractivity contribution in [2.45, 2.75) is 51.6 Å². The molecule has 3 atom stereocenters. The number of likely N-dealkylation sites (N-methyl/N-ethyl adjacent to an activating group) is 2. The molecule has 3 unspecified atom stereocenters. The standard InChI is InChI=1S/C14H32N4/c1-5-6-12(2)9-13(16-15)10-14-11-17(3)7-8-18(14)4/h12-14,16H,5-11,15H2,1-4H3. The Bertz CT molecular complexity index is 222. The van der Waals surface area contributed by atoms with Crippen LogP contribution in [0.1, 0.15) is 39.5 Å². The van der Waals surface area contributed by atoms with Gasteiger partial charge in [-0.3, -0.25) is 11.3 Å². The van der Waals surface area contributed by atoms with E-state index in [1.165, 1.54) is 32.4 Å². The first kappa shape index (κ1) is 15.9. The second-order valence-corrected chi connectivity index (χ2v) is 6.13. The summed E-state index contributed by atoms with van der Waals surface area (Å²) in [6.07, 6.45) is 4.92. The quantitative estimate of drug-likeness (QED) is 0.532. The van der Waals surface area contributed by atoms with Crippen LogP contribution in [0.4, 0.5) is 0 Å². The monoisotopic (exact) mass is 256 g/mol. The minimum atomic E-state index is 0.450. The van der Waals surface area contributed by atoms with E-state index in [0.29, 0.717) is 12.1 Å². The number of hydrogen-bond donors (Lipinski definition) is 2. The molecule has 4 heteroatoms. The molecule has 0 aromatic rings. The van der Waals surface area contributed by atoms with Gasteiger partial charge in [0.1, 0.15) is 0 Å². The highest BCUT2D eigenvalue weighted by Gasteiger charge is 2.25. The maximum Gasteiger partial charge on any atom is 0.0235 e. The van der Waals surface area contributed by atoms with Crippen LogP contribution in [-0.4, -0.2) is 55.6 Å². The topological polar surface area (TPSA) is 44.5 Å². The second-order valence-electron chi connectivity index (χ2n) is 6.13. The first-order valence-electron chi connectivity index (χ1n) is 7.41. The lowest BCUT2D eigenvalue weighted by Crippen LogP contribution is -2.53. The van der Waals surface area contributed by atoms with Crippen molar-refractivity contribution in [3.63, 3.8) is 0 Å². The first-order chi connectivity index (χ1) is 8.56. The van der Waals surface area contributed by atoms with Crippen LogP contribution in [-0.2, 0) is 0 Å². The van der Waals surface area contributed by atoms with E-state index >= 15 is 0 Å². The number of nitrogens with two attached hydrogens (primary N) is 1. The zero-order chi connectivity index (χ0) is 13.5. The lowest BCUT2D eigenvalue weighted by molar-refractivity contribution is 0.0983. The van der Waals surface area contributed by atoms with Gasteiger partial charge < -0.3 is 9.80 Å². The third-order valence-electron chi connectivity index (χ3n) is 4.24. The van der Waals surface area contributed by atoms with Gasteiger partial charge in [0.15, 0.2) is 0 Å². The van der Waals surface area contributed by atoms with E-state index in [4.69, 9.17) is 5.84 Å². The van der Waals surface area contributed by atoms with Gasteiger partial charge in [0.2, 0.25) is 0 Å². The van der Waals surface area contributed by atoms with Crippen molar-refractivity contribution in [1.29, 1.82) is 0 Å². The molecule has 1 saturated heterocycles. The van der Waals surface area contributed by atoms with Crippen LogP contribution in [0.2, 0.25) is 0 Å². The fourth-order valence-corrected chi connectivity index (χ4v) is 3.01. The lowest BCUT2D eigenvalue weighted by Gasteiger charge is -2.39. The third-order valence-corrected chi connectivity index (χ3v) is 4.24. The van der Waals surface area contributed by atoms with Crippen molar-refractivity contribution >= 4 is 0 Å². The van der Waals surface area contributed by atoms with Crippen LogP contribution < -0.4 is 11.3 Å². The van der Waals surface area contributed by atoms with Crippen LogP contribution in [0.15, 0.2) is 0 Å². The summed E-state index contributed by atoms with van der Waals surface area (Å²) in [5.41, 5.74) is 3.03. The van der Waals surface area contributed by atoms with Crippen LogP contribution >= 0.6 is 0 Å². The van der Waals surface area contributed by atoms with Gasteiger partial charge in [0.25, 0.3) is 0 Å². The Kier molecular flexibility index (Phi) is 7.15. The highest BCUT2D eigenvalue weighted by atomic mass is 15.3. The van der Waals surface area contributed by atoms with E-state index in [0.717, 1.165) is 18.9 Å². The first-order valence-corrected chi connectivity index (χ1v) is 7.41. The summed E-state index contributed by atoms with van der Waals surface area (Å²) in [4.78, 5) is 4.91. The van der Waals surface area contributed by atoms with Gasteiger partial charge in [-0.25, -0.2) is 0 Å². The molecular formula is C14H32N4. The van der Waals surface area contributed by atoms with E-state index in [9.17, 15) is 0 Å². The van der Waals surface area contributed by atoms with Gasteiger partial charge in [-0.2, -0.15) is 0 Å². The molecule has 0 spiro atoms. The molecule has 4 nitrogen and oxygen atoms in total. The summed E-state index contributed by atoms with van der Waals surface area (Å²) in [5, 5.41) is 0. The summed E-state index contributed by atoms with van der Waals surface area (Å²) in [7, 11) is 4.45. The molecule has 108 valence electrons.